The van der Waals surface area contributed by atoms with Crippen LogP contribution < -0.4 is 4.74 Å². The van der Waals surface area contributed by atoms with E-state index in [1.165, 1.54) is 5.56 Å². The second kappa shape index (κ2) is 5.52. The van der Waals surface area contributed by atoms with Crippen molar-refractivity contribution in [1.82, 2.24) is 0 Å². The van der Waals surface area contributed by atoms with Crippen molar-refractivity contribution in [1.29, 1.82) is 0 Å². The van der Waals surface area contributed by atoms with Crippen LogP contribution in [-0.4, -0.2) is 31.0 Å². The van der Waals surface area contributed by atoms with Gasteiger partial charge in [0.2, 0.25) is 0 Å². The Bertz CT molecular complexity index is 341. The second-order valence-electron chi connectivity index (χ2n) is 4.75. The molecule has 1 N–H and O–H groups in total. The molecule has 94 valence electrons. The van der Waals surface area contributed by atoms with Gasteiger partial charge in [-0.2, -0.15) is 0 Å². The second-order valence-corrected chi connectivity index (χ2v) is 4.75. The molecule has 1 fully saturated rings. The molecule has 1 aromatic carbocycles. The maximum atomic E-state index is 9.90. The van der Waals surface area contributed by atoms with Gasteiger partial charge in [0.05, 0.1) is 12.2 Å². The minimum Gasteiger partial charge on any atom is -0.491 e. The molecule has 0 aromatic heterocycles. The molecule has 1 aliphatic rings. The monoisotopic (exact) mass is 236 g/mol. The maximum absolute atomic E-state index is 9.90. The van der Waals surface area contributed by atoms with Gasteiger partial charge in [-0.3, -0.25) is 0 Å². The quantitative estimate of drug-likeness (QED) is 0.822. The molecule has 0 radical (unpaired) electrons. The SMILES string of the molecule is COCCc1ccc(OCC2(O)CCC2)cc1. The van der Waals surface area contributed by atoms with E-state index in [9.17, 15) is 5.11 Å². The van der Waals surface area contributed by atoms with Crippen LogP contribution in [0.3, 0.4) is 0 Å². The van der Waals surface area contributed by atoms with E-state index in [-0.39, 0.29) is 0 Å². The summed E-state index contributed by atoms with van der Waals surface area (Å²) in [6, 6.07) is 7.98. The molecule has 1 saturated carbocycles. The summed E-state index contributed by atoms with van der Waals surface area (Å²) in [5.74, 6) is 0.825. The van der Waals surface area contributed by atoms with Crippen LogP contribution in [-0.2, 0) is 11.2 Å². The van der Waals surface area contributed by atoms with Crippen LogP contribution >= 0.6 is 0 Å². The summed E-state index contributed by atoms with van der Waals surface area (Å²) in [5, 5.41) is 9.90. The van der Waals surface area contributed by atoms with Gasteiger partial charge in [-0.15, -0.1) is 0 Å². The maximum Gasteiger partial charge on any atom is 0.119 e. The van der Waals surface area contributed by atoms with Gasteiger partial charge < -0.3 is 14.6 Å². The highest BCUT2D eigenvalue weighted by atomic mass is 16.5. The Morgan fingerprint density at radius 1 is 1.24 bits per heavy atom. The summed E-state index contributed by atoms with van der Waals surface area (Å²) >= 11 is 0. The number of benzene rings is 1. The molecule has 0 amide bonds. The van der Waals surface area contributed by atoms with E-state index >= 15 is 0 Å². The molecule has 1 aromatic rings. The number of hydrogen-bond acceptors (Lipinski definition) is 3. The number of ether oxygens (including phenoxy) is 2. The molecule has 0 heterocycles. The number of rotatable bonds is 6. The summed E-state index contributed by atoms with van der Waals surface area (Å²) in [5.41, 5.74) is 0.663. The van der Waals surface area contributed by atoms with Gasteiger partial charge in [0.15, 0.2) is 0 Å². The van der Waals surface area contributed by atoms with E-state index in [1.807, 2.05) is 24.3 Å². The minimum absolute atomic E-state index is 0.407. The highest BCUT2D eigenvalue weighted by Crippen LogP contribution is 2.32. The van der Waals surface area contributed by atoms with Gasteiger partial charge in [-0.1, -0.05) is 12.1 Å². The van der Waals surface area contributed by atoms with Crippen molar-refractivity contribution in [2.24, 2.45) is 0 Å². The zero-order valence-electron chi connectivity index (χ0n) is 10.3. The molecule has 0 spiro atoms. The first-order chi connectivity index (χ1) is 8.22. The zero-order valence-corrected chi connectivity index (χ0v) is 10.3. The van der Waals surface area contributed by atoms with Crippen LogP contribution in [0.5, 0.6) is 5.75 Å². The third kappa shape index (κ3) is 3.45. The fraction of sp³-hybridized carbons (Fsp3) is 0.571. The van der Waals surface area contributed by atoms with Gasteiger partial charge in [0.25, 0.3) is 0 Å². The molecule has 0 unspecified atom stereocenters. The largest absolute Gasteiger partial charge is 0.491 e. The third-order valence-electron chi connectivity index (χ3n) is 3.31. The first-order valence-corrected chi connectivity index (χ1v) is 6.15. The van der Waals surface area contributed by atoms with Crippen molar-refractivity contribution in [2.45, 2.75) is 31.3 Å². The van der Waals surface area contributed by atoms with Crippen molar-refractivity contribution >= 4 is 0 Å². The van der Waals surface area contributed by atoms with E-state index in [0.717, 1.165) is 38.0 Å². The highest BCUT2D eigenvalue weighted by Gasteiger charge is 2.35. The van der Waals surface area contributed by atoms with Gasteiger partial charge in [0, 0.05) is 7.11 Å². The Morgan fingerprint density at radius 2 is 1.94 bits per heavy atom. The Balaban J connectivity index is 1.81. The van der Waals surface area contributed by atoms with Crippen LogP contribution in [0.15, 0.2) is 24.3 Å². The first-order valence-electron chi connectivity index (χ1n) is 6.15. The minimum atomic E-state index is -0.575. The van der Waals surface area contributed by atoms with Crippen LogP contribution in [0.25, 0.3) is 0 Å². The average Bonchev–Trinajstić information content (AvgIpc) is 2.33. The smallest absolute Gasteiger partial charge is 0.119 e. The predicted molar refractivity (Wildman–Crippen MR) is 66.3 cm³/mol. The van der Waals surface area contributed by atoms with Crippen molar-refractivity contribution < 1.29 is 14.6 Å². The highest BCUT2D eigenvalue weighted by molar-refractivity contribution is 5.27. The Labute approximate surface area is 102 Å². The van der Waals surface area contributed by atoms with Crippen molar-refractivity contribution in [3.05, 3.63) is 29.8 Å². The number of aliphatic hydroxyl groups is 1. The van der Waals surface area contributed by atoms with Crippen LogP contribution in [0, 0.1) is 0 Å². The summed E-state index contributed by atoms with van der Waals surface area (Å²) in [4.78, 5) is 0. The fourth-order valence-electron chi connectivity index (χ4n) is 1.92. The zero-order chi connectivity index (χ0) is 12.1. The third-order valence-corrected chi connectivity index (χ3v) is 3.31. The van der Waals surface area contributed by atoms with Crippen LogP contribution in [0.1, 0.15) is 24.8 Å². The Hall–Kier alpha value is -1.06. The lowest BCUT2D eigenvalue weighted by Crippen LogP contribution is -2.42. The van der Waals surface area contributed by atoms with Gasteiger partial charge in [-0.25, -0.2) is 0 Å². The average molecular weight is 236 g/mol. The molecule has 3 heteroatoms. The molecule has 0 bridgehead atoms. The van der Waals surface area contributed by atoms with Crippen LogP contribution in [0.2, 0.25) is 0 Å². The molecule has 0 aliphatic heterocycles. The van der Waals surface area contributed by atoms with Crippen molar-refractivity contribution in [3.63, 3.8) is 0 Å². The predicted octanol–water partition coefficient (Wildman–Crippen LogP) is 2.17. The lowest BCUT2D eigenvalue weighted by Gasteiger charge is -2.35. The lowest BCUT2D eigenvalue weighted by molar-refractivity contribution is -0.0663. The molecule has 0 atom stereocenters. The molecule has 17 heavy (non-hydrogen) atoms. The molecule has 3 nitrogen and oxygen atoms in total. The Kier molecular flexibility index (Phi) is 4.02. The van der Waals surface area contributed by atoms with Gasteiger partial charge in [0.1, 0.15) is 12.4 Å². The Morgan fingerprint density at radius 3 is 2.47 bits per heavy atom. The number of hydrogen-bond donors (Lipinski definition) is 1. The summed E-state index contributed by atoms with van der Waals surface area (Å²) in [7, 11) is 1.71. The summed E-state index contributed by atoms with van der Waals surface area (Å²) in [6.45, 7) is 1.14. The van der Waals surface area contributed by atoms with Crippen molar-refractivity contribution in [2.75, 3.05) is 20.3 Å². The molecular formula is C14H20O3. The summed E-state index contributed by atoms with van der Waals surface area (Å²) < 4.78 is 10.6. The molecular weight excluding hydrogens is 216 g/mol. The molecule has 0 saturated heterocycles. The van der Waals surface area contributed by atoms with E-state index in [0.29, 0.717) is 6.61 Å². The van der Waals surface area contributed by atoms with E-state index in [4.69, 9.17) is 9.47 Å². The van der Waals surface area contributed by atoms with E-state index in [2.05, 4.69) is 0 Å². The first kappa shape index (κ1) is 12.4. The molecule has 2 rings (SSSR count). The lowest BCUT2D eigenvalue weighted by atomic mass is 9.81. The topological polar surface area (TPSA) is 38.7 Å². The fourth-order valence-corrected chi connectivity index (χ4v) is 1.92. The standard InChI is InChI=1S/C14H20O3/c1-16-10-7-12-3-5-13(6-4-12)17-11-14(15)8-2-9-14/h3-6,15H,2,7-11H2,1H3. The summed E-state index contributed by atoms with van der Waals surface area (Å²) in [6.07, 6.45) is 3.74. The van der Waals surface area contributed by atoms with E-state index < -0.39 is 5.60 Å². The van der Waals surface area contributed by atoms with Gasteiger partial charge >= 0.3 is 0 Å². The van der Waals surface area contributed by atoms with Gasteiger partial charge in [-0.05, 0) is 43.4 Å². The molecule has 1 aliphatic carbocycles. The van der Waals surface area contributed by atoms with E-state index in [1.54, 1.807) is 7.11 Å². The normalized spacial score (nSPS) is 17.5. The number of methoxy groups -OCH3 is 1. The van der Waals surface area contributed by atoms with Crippen molar-refractivity contribution in [3.8, 4) is 5.75 Å². The van der Waals surface area contributed by atoms with Crippen LogP contribution in [0.4, 0.5) is 0 Å².